The molecule has 0 bridgehead atoms. The maximum absolute atomic E-state index is 12.5. The van der Waals surface area contributed by atoms with Gasteiger partial charge in [0.2, 0.25) is 5.91 Å². The number of non-ortho nitro benzene ring substituents is 1. The lowest BCUT2D eigenvalue weighted by Gasteiger charge is -2.17. The smallest absolute Gasteiger partial charge is 0.407 e. The van der Waals surface area contributed by atoms with Gasteiger partial charge in [-0.05, 0) is 47.6 Å². The van der Waals surface area contributed by atoms with Gasteiger partial charge in [-0.1, -0.05) is 48.5 Å². The topological polar surface area (TPSA) is 203 Å². The Balaban J connectivity index is 1.16. The van der Waals surface area contributed by atoms with E-state index in [1.807, 2.05) is 48.5 Å². The van der Waals surface area contributed by atoms with Gasteiger partial charge in [0.15, 0.2) is 0 Å². The van der Waals surface area contributed by atoms with Crippen molar-refractivity contribution < 1.29 is 34.1 Å². The zero-order chi connectivity index (χ0) is 31.6. The number of anilines is 1. The second kappa shape index (κ2) is 14.6. The fourth-order valence-electron chi connectivity index (χ4n) is 5.04. The Morgan fingerprint density at radius 2 is 1.52 bits per heavy atom. The number of hydrogen-bond acceptors (Lipinski definition) is 9. The average molecular weight is 606 g/mol. The van der Waals surface area contributed by atoms with Crippen molar-refractivity contribution in [2.75, 3.05) is 25.0 Å². The van der Waals surface area contributed by atoms with Gasteiger partial charge >= 0.3 is 12.1 Å². The van der Waals surface area contributed by atoms with Crippen LogP contribution >= 0.6 is 0 Å². The number of fused-ring (bicyclic) bond motifs is 3. The number of aliphatic carboxylic acids is 1. The fourth-order valence-corrected chi connectivity index (χ4v) is 5.04. The lowest BCUT2D eigenvalue weighted by Crippen LogP contribution is -2.42. The largest absolute Gasteiger partial charge is 0.480 e. The molecule has 0 saturated carbocycles. The van der Waals surface area contributed by atoms with E-state index in [1.165, 1.54) is 12.1 Å². The standard InChI is InChI=1S/C30H31N5O9/c36-28(32-16-6-5-15-31-25-12-11-19(34(40)41)17-27(25)35(42)43)14-13-26(29(37)38)33-30(39)44-18-24-22-9-3-1-7-20(22)21-8-2-4-10-23(21)24/h1-4,7-12,17,24,26,31H,5-6,13-16,18H2,(H,32,36)(H,33,39)(H,37,38)/t26-/m0/s1. The Kier molecular flexibility index (Phi) is 10.4. The van der Waals surface area contributed by atoms with Crippen LogP contribution in [0.5, 0.6) is 0 Å². The molecule has 3 aromatic carbocycles. The number of nitro groups is 2. The summed E-state index contributed by atoms with van der Waals surface area (Å²) in [5.74, 6) is -1.87. The number of amides is 2. The number of hydrogen-bond donors (Lipinski definition) is 4. The van der Waals surface area contributed by atoms with Crippen LogP contribution in [0.2, 0.25) is 0 Å². The summed E-state index contributed by atoms with van der Waals surface area (Å²) in [5, 5.41) is 39.5. The maximum Gasteiger partial charge on any atom is 0.407 e. The van der Waals surface area contributed by atoms with Crippen molar-refractivity contribution in [1.82, 2.24) is 10.6 Å². The van der Waals surface area contributed by atoms with E-state index in [-0.39, 0.29) is 43.3 Å². The van der Waals surface area contributed by atoms with Crippen molar-refractivity contribution in [3.8, 4) is 11.1 Å². The minimum absolute atomic E-state index is 0.0269. The number of carbonyl (C=O) groups excluding carboxylic acids is 2. The van der Waals surface area contributed by atoms with E-state index >= 15 is 0 Å². The number of alkyl carbamates (subject to hydrolysis) is 1. The first-order valence-electron chi connectivity index (χ1n) is 13.9. The molecule has 14 heteroatoms. The summed E-state index contributed by atoms with van der Waals surface area (Å²) in [6.45, 7) is 0.624. The highest BCUT2D eigenvalue weighted by molar-refractivity contribution is 5.82. The van der Waals surface area contributed by atoms with E-state index in [4.69, 9.17) is 4.74 Å². The summed E-state index contributed by atoms with van der Waals surface area (Å²) in [7, 11) is 0. The molecule has 44 heavy (non-hydrogen) atoms. The van der Waals surface area contributed by atoms with Crippen molar-refractivity contribution in [2.24, 2.45) is 0 Å². The monoisotopic (exact) mass is 605 g/mol. The molecule has 0 aromatic heterocycles. The number of nitrogens with zero attached hydrogens (tertiary/aromatic N) is 2. The molecule has 0 fully saturated rings. The third-order valence-corrected chi connectivity index (χ3v) is 7.22. The molecule has 230 valence electrons. The lowest BCUT2D eigenvalue weighted by molar-refractivity contribution is -0.393. The van der Waals surface area contributed by atoms with Gasteiger partial charge in [0, 0.05) is 31.5 Å². The zero-order valence-electron chi connectivity index (χ0n) is 23.6. The number of ether oxygens (including phenoxy) is 1. The molecule has 3 aromatic rings. The summed E-state index contributed by atoms with van der Waals surface area (Å²) in [6, 6.07) is 17.7. The molecule has 14 nitrogen and oxygen atoms in total. The Labute approximate surface area is 251 Å². The molecule has 1 aliphatic rings. The second-order valence-corrected chi connectivity index (χ2v) is 10.1. The third kappa shape index (κ3) is 7.85. The molecule has 4 N–H and O–H groups in total. The summed E-state index contributed by atoms with van der Waals surface area (Å²) >= 11 is 0. The molecule has 1 aliphatic carbocycles. The van der Waals surface area contributed by atoms with E-state index in [0.29, 0.717) is 19.4 Å². The predicted molar refractivity (Wildman–Crippen MR) is 159 cm³/mol. The first kappa shape index (κ1) is 31.4. The molecule has 1 atom stereocenters. The van der Waals surface area contributed by atoms with Crippen molar-refractivity contribution in [3.05, 3.63) is 98.1 Å². The normalized spacial score (nSPS) is 12.4. The van der Waals surface area contributed by atoms with E-state index in [2.05, 4.69) is 16.0 Å². The summed E-state index contributed by atoms with van der Waals surface area (Å²) in [4.78, 5) is 57.1. The molecule has 4 rings (SSSR count). The molecule has 2 amide bonds. The van der Waals surface area contributed by atoms with E-state index < -0.39 is 39.5 Å². The van der Waals surface area contributed by atoms with E-state index in [1.54, 1.807) is 0 Å². The van der Waals surface area contributed by atoms with Crippen LogP contribution in [0.25, 0.3) is 11.1 Å². The van der Waals surface area contributed by atoms with Crippen LogP contribution in [-0.2, 0) is 14.3 Å². The molecule has 0 spiro atoms. The highest BCUT2D eigenvalue weighted by Gasteiger charge is 2.30. The molecule has 0 heterocycles. The number of nitro benzene ring substituents is 2. The highest BCUT2D eigenvalue weighted by atomic mass is 16.6. The number of carboxylic acids is 1. The van der Waals surface area contributed by atoms with Gasteiger partial charge in [0.1, 0.15) is 18.3 Å². The number of carboxylic acid groups (broad SMARTS) is 1. The summed E-state index contributed by atoms with van der Waals surface area (Å²) < 4.78 is 5.41. The Hall–Kier alpha value is -5.53. The number of nitrogens with one attached hydrogen (secondary N) is 3. The van der Waals surface area contributed by atoms with Gasteiger partial charge in [-0.2, -0.15) is 0 Å². The van der Waals surface area contributed by atoms with Crippen LogP contribution in [0.3, 0.4) is 0 Å². The molecule has 0 unspecified atom stereocenters. The first-order chi connectivity index (χ1) is 21.2. The number of unbranched alkanes of at least 4 members (excludes halogenated alkanes) is 1. The fraction of sp³-hybridized carbons (Fsp3) is 0.300. The highest BCUT2D eigenvalue weighted by Crippen LogP contribution is 2.44. The van der Waals surface area contributed by atoms with Crippen LogP contribution in [0, 0.1) is 20.2 Å². The van der Waals surface area contributed by atoms with Crippen LogP contribution in [0.15, 0.2) is 66.7 Å². The predicted octanol–water partition coefficient (Wildman–Crippen LogP) is 4.58. The van der Waals surface area contributed by atoms with Gasteiger partial charge in [-0.25, -0.2) is 9.59 Å². The molecular formula is C30H31N5O9. The zero-order valence-corrected chi connectivity index (χ0v) is 23.6. The minimum Gasteiger partial charge on any atom is -0.480 e. The quantitative estimate of drug-likeness (QED) is 0.108. The maximum atomic E-state index is 12.5. The van der Waals surface area contributed by atoms with Gasteiger partial charge in [-0.3, -0.25) is 25.0 Å². The van der Waals surface area contributed by atoms with Crippen LogP contribution in [0.1, 0.15) is 42.7 Å². The van der Waals surface area contributed by atoms with E-state index in [9.17, 15) is 39.7 Å². The SMILES string of the molecule is O=C(CC[C@H](NC(=O)OCC1c2ccccc2-c2ccccc21)C(=O)O)NCCCCNc1ccc([N+](=O)[O-])cc1[N+](=O)[O-]. The van der Waals surface area contributed by atoms with E-state index in [0.717, 1.165) is 28.3 Å². The van der Waals surface area contributed by atoms with Gasteiger partial charge in [-0.15, -0.1) is 0 Å². The lowest BCUT2D eigenvalue weighted by atomic mass is 9.98. The average Bonchev–Trinajstić information content (AvgIpc) is 3.33. The van der Waals surface area contributed by atoms with Gasteiger partial charge in [0.05, 0.1) is 15.9 Å². The Bertz CT molecular complexity index is 1520. The van der Waals surface area contributed by atoms with Crippen molar-refractivity contribution >= 4 is 35.0 Å². The number of benzene rings is 3. The molecule has 0 radical (unpaired) electrons. The number of rotatable bonds is 15. The summed E-state index contributed by atoms with van der Waals surface area (Å²) in [6.07, 6.45) is -0.139. The van der Waals surface area contributed by atoms with Crippen molar-refractivity contribution in [2.45, 2.75) is 37.6 Å². The summed E-state index contributed by atoms with van der Waals surface area (Å²) in [5.41, 5.74) is 3.53. The molecule has 0 saturated heterocycles. The van der Waals surface area contributed by atoms with Crippen molar-refractivity contribution in [3.63, 3.8) is 0 Å². The Morgan fingerprint density at radius 3 is 2.14 bits per heavy atom. The van der Waals surface area contributed by atoms with Gasteiger partial charge in [0.25, 0.3) is 11.4 Å². The Morgan fingerprint density at radius 1 is 0.886 bits per heavy atom. The first-order valence-corrected chi connectivity index (χ1v) is 13.9. The number of carbonyl (C=O) groups is 3. The van der Waals surface area contributed by atoms with Crippen molar-refractivity contribution in [1.29, 1.82) is 0 Å². The minimum atomic E-state index is -1.32. The van der Waals surface area contributed by atoms with Gasteiger partial charge < -0.3 is 25.8 Å². The van der Waals surface area contributed by atoms with Crippen LogP contribution < -0.4 is 16.0 Å². The van der Waals surface area contributed by atoms with Crippen LogP contribution in [-0.4, -0.2) is 58.7 Å². The second-order valence-electron chi connectivity index (χ2n) is 10.1. The molecule has 0 aliphatic heterocycles. The third-order valence-electron chi connectivity index (χ3n) is 7.22. The molecular weight excluding hydrogens is 574 g/mol. The van der Waals surface area contributed by atoms with Crippen LogP contribution in [0.4, 0.5) is 21.9 Å².